The van der Waals surface area contributed by atoms with E-state index in [1.54, 1.807) is 41.7 Å². The SMILES string of the molecule is Cc1ccccc1N1C(=O)c2ccc(C(=O)N3CCN(Cc4ccc(-c5cccc(Br)c5)s4)CC3)cc2C1=O. The van der Waals surface area contributed by atoms with Crippen molar-refractivity contribution in [2.45, 2.75) is 13.5 Å². The molecule has 0 aliphatic carbocycles. The first-order valence-electron chi connectivity index (χ1n) is 12.8. The van der Waals surface area contributed by atoms with Gasteiger partial charge in [0.25, 0.3) is 17.7 Å². The third-order valence-corrected chi connectivity index (χ3v) is 8.91. The average Bonchev–Trinajstić information content (AvgIpc) is 3.51. The predicted molar refractivity (Wildman–Crippen MR) is 157 cm³/mol. The van der Waals surface area contributed by atoms with Crippen LogP contribution in [0.1, 0.15) is 41.5 Å². The fraction of sp³-hybridized carbons (Fsp3) is 0.194. The van der Waals surface area contributed by atoms with Crippen LogP contribution in [0.5, 0.6) is 0 Å². The lowest BCUT2D eigenvalue weighted by atomic mass is 10.0. The van der Waals surface area contributed by atoms with Crippen LogP contribution in [0.4, 0.5) is 5.69 Å². The molecule has 39 heavy (non-hydrogen) atoms. The molecule has 3 aromatic carbocycles. The molecule has 2 aliphatic heterocycles. The number of thiophene rings is 1. The maximum atomic E-state index is 13.3. The molecule has 0 radical (unpaired) electrons. The van der Waals surface area contributed by atoms with E-state index in [-0.39, 0.29) is 23.3 Å². The second-order valence-corrected chi connectivity index (χ2v) is 11.9. The second-order valence-electron chi connectivity index (χ2n) is 9.84. The van der Waals surface area contributed by atoms with Crippen LogP contribution >= 0.6 is 27.3 Å². The standard InChI is InChI=1S/C31H26BrN3O3S/c1-20-5-2-3-8-27(20)35-30(37)25-11-9-22(18-26(25)31(35)38)29(36)34-15-13-33(14-16-34)19-24-10-12-28(39-24)21-6-4-7-23(32)17-21/h2-12,17-18H,13-16,19H2,1H3. The maximum absolute atomic E-state index is 13.3. The lowest BCUT2D eigenvalue weighted by Crippen LogP contribution is -2.48. The zero-order valence-electron chi connectivity index (χ0n) is 21.4. The van der Waals surface area contributed by atoms with E-state index in [9.17, 15) is 14.4 Å². The molecule has 4 aromatic rings. The van der Waals surface area contributed by atoms with Crippen molar-refractivity contribution in [2.75, 3.05) is 31.1 Å². The average molecular weight is 601 g/mol. The van der Waals surface area contributed by atoms with E-state index in [0.717, 1.165) is 29.7 Å². The third kappa shape index (κ3) is 4.95. The summed E-state index contributed by atoms with van der Waals surface area (Å²) in [5.41, 5.74) is 3.67. The summed E-state index contributed by atoms with van der Waals surface area (Å²) >= 11 is 5.34. The van der Waals surface area contributed by atoms with Gasteiger partial charge < -0.3 is 4.90 Å². The fourth-order valence-corrected chi connectivity index (χ4v) is 6.62. The zero-order valence-corrected chi connectivity index (χ0v) is 23.8. The number of carbonyl (C=O) groups excluding carboxylic acids is 3. The van der Waals surface area contributed by atoms with Gasteiger partial charge in [0.1, 0.15) is 0 Å². The van der Waals surface area contributed by atoms with E-state index in [0.29, 0.717) is 29.9 Å². The van der Waals surface area contributed by atoms with Crippen molar-refractivity contribution < 1.29 is 14.4 Å². The molecular formula is C31H26BrN3O3S. The number of para-hydroxylation sites is 1. The highest BCUT2D eigenvalue weighted by Gasteiger charge is 2.38. The maximum Gasteiger partial charge on any atom is 0.266 e. The van der Waals surface area contributed by atoms with Gasteiger partial charge in [0.2, 0.25) is 0 Å². The van der Waals surface area contributed by atoms with E-state index >= 15 is 0 Å². The van der Waals surface area contributed by atoms with Crippen molar-refractivity contribution in [3.05, 3.63) is 110 Å². The minimum Gasteiger partial charge on any atom is -0.336 e. The molecule has 0 unspecified atom stereocenters. The number of hydrogen-bond acceptors (Lipinski definition) is 5. The molecule has 0 spiro atoms. The lowest BCUT2D eigenvalue weighted by Gasteiger charge is -2.34. The number of piperazine rings is 1. The van der Waals surface area contributed by atoms with Gasteiger partial charge in [-0.25, -0.2) is 4.90 Å². The van der Waals surface area contributed by atoms with Crippen LogP contribution in [0.2, 0.25) is 0 Å². The number of fused-ring (bicyclic) bond motifs is 1. The molecule has 6 rings (SSSR count). The molecule has 1 fully saturated rings. The van der Waals surface area contributed by atoms with Gasteiger partial charge in [0.05, 0.1) is 16.8 Å². The molecule has 196 valence electrons. The summed E-state index contributed by atoms with van der Waals surface area (Å²) in [4.78, 5) is 47.5. The first-order chi connectivity index (χ1) is 18.9. The number of halogens is 1. The molecule has 0 atom stereocenters. The van der Waals surface area contributed by atoms with Crippen LogP contribution in [-0.4, -0.2) is 53.7 Å². The zero-order chi connectivity index (χ0) is 27.1. The fourth-order valence-electron chi connectivity index (χ4n) is 5.18. The summed E-state index contributed by atoms with van der Waals surface area (Å²) in [6.07, 6.45) is 0. The molecule has 2 aliphatic rings. The van der Waals surface area contributed by atoms with Crippen LogP contribution < -0.4 is 4.90 Å². The highest BCUT2D eigenvalue weighted by molar-refractivity contribution is 9.10. The summed E-state index contributed by atoms with van der Waals surface area (Å²) in [6, 6.07) is 24.8. The van der Waals surface area contributed by atoms with Crippen molar-refractivity contribution in [1.82, 2.24) is 9.80 Å². The molecule has 0 bridgehead atoms. The molecule has 0 saturated carbocycles. The van der Waals surface area contributed by atoms with Crippen LogP contribution in [0.15, 0.2) is 83.3 Å². The van der Waals surface area contributed by atoms with E-state index < -0.39 is 0 Å². The summed E-state index contributed by atoms with van der Waals surface area (Å²) in [6.45, 7) is 5.50. The molecule has 0 N–H and O–H groups in total. The Balaban J connectivity index is 1.10. The van der Waals surface area contributed by atoms with E-state index in [2.05, 4.69) is 45.1 Å². The first-order valence-corrected chi connectivity index (χ1v) is 14.4. The summed E-state index contributed by atoms with van der Waals surface area (Å²) in [5.74, 6) is -0.851. The minimum absolute atomic E-state index is 0.111. The largest absolute Gasteiger partial charge is 0.336 e. The van der Waals surface area contributed by atoms with Crippen molar-refractivity contribution in [1.29, 1.82) is 0 Å². The van der Waals surface area contributed by atoms with E-state index in [1.807, 2.05) is 36.1 Å². The number of aryl methyl sites for hydroxylation is 1. The van der Waals surface area contributed by atoms with Crippen molar-refractivity contribution in [2.24, 2.45) is 0 Å². The van der Waals surface area contributed by atoms with Crippen molar-refractivity contribution in [3.8, 4) is 10.4 Å². The van der Waals surface area contributed by atoms with E-state index in [1.165, 1.54) is 20.2 Å². The van der Waals surface area contributed by atoms with Crippen LogP contribution in [0, 0.1) is 6.92 Å². The van der Waals surface area contributed by atoms with Gasteiger partial charge in [-0.1, -0.05) is 46.3 Å². The lowest BCUT2D eigenvalue weighted by molar-refractivity contribution is 0.0629. The number of amides is 3. The normalized spacial score (nSPS) is 15.6. The Bertz CT molecular complexity index is 1610. The van der Waals surface area contributed by atoms with Gasteiger partial charge in [-0.15, -0.1) is 11.3 Å². The van der Waals surface area contributed by atoms with Gasteiger partial charge in [0, 0.05) is 52.5 Å². The number of anilines is 1. The monoisotopic (exact) mass is 599 g/mol. The number of benzene rings is 3. The highest BCUT2D eigenvalue weighted by atomic mass is 79.9. The topological polar surface area (TPSA) is 60.9 Å². The Morgan fingerprint density at radius 3 is 2.38 bits per heavy atom. The van der Waals surface area contributed by atoms with Crippen molar-refractivity contribution in [3.63, 3.8) is 0 Å². The van der Waals surface area contributed by atoms with Gasteiger partial charge in [0.15, 0.2) is 0 Å². The van der Waals surface area contributed by atoms with Gasteiger partial charge in [-0.3, -0.25) is 19.3 Å². The smallest absolute Gasteiger partial charge is 0.266 e. The number of rotatable bonds is 5. The van der Waals surface area contributed by atoms with Gasteiger partial charge >= 0.3 is 0 Å². The Hall–Kier alpha value is -3.59. The Kier molecular flexibility index (Phi) is 6.93. The number of nitrogens with zero attached hydrogens (tertiary/aromatic N) is 3. The summed E-state index contributed by atoms with van der Waals surface area (Å²) in [7, 11) is 0. The Labute approximate surface area is 239 Å². The van der Waals surface area contributed by atoms with Crippen LogP contribution in [0.3, 0.4) is 0 Å². The van der Waals surface area contributed by atoms with Gasteiger partial charge in [-0.2, -0.15) is 0 Å². The predicted octanol–water partition coefficient (Wildman–Crippen LogP) is 6.24. The van der Waals surface area contributed by atoms with Crippen LogP contribution in [-0.2, 0) is 6.54 Å². The molecular weight excluding hydrogens is 574 g/mol. The van der Waals surface area contributed by atoms with E-state index in [4.69, 9.17) is 0 Å². The molecule has 1 aromatic heterocycles. The third-order valence-electron chi connectivity index (χ3n) is 7.30. The Morgan fingerprint density at radius 1 is 0.846 bits per heavy atom. The second kappa shape index (κ2) is 10.5. The summed E-state index contributed by atoms with van der Waals surface area (Å²) in [5, 5.41) is 0. The summed E-state index contributed by atoms with van der Waals surface area (Å²) < 4.78 is 1.07. The number of carbonyl (C=O) groups is 3. The Morgan fingerprint density at radius 2 is 1.62 bits per heavy atom. The molecule has 8 heteroatoms. The van der Waals surface area contributed by atoms with Crippen molar-refractivity contribution >= 4 is 50.7 Å². The quantitative estimate of drug-likeness (QED) is 0.255. The molecule has 6 nitrogen and oxygen atoms in total. The molecule has 3 amide bonds. The van der Waals surface area contributed by atoms with Crippen LogP contribution in [0.25, 0.3) is 10.4 Å². The minimum atomic E-state index is -0.387. The number of imide groups is 1. The number of hydrogen-bond donors (Lipinski definition) is 0. The first kappa shape index (κ1) is 25.7. The molecule has 1 saturated heterocycles. The molecule has 3 heterocycles. The van der Waals surface area contributed by atoms with Gasteiger partial charge in [-0.05, 0) is 66.6 Å². The highest BCUT2D eigenvalue weighted by Crippen LogP contribution is 2.32.